The molecule has 2 atom stereocenters. The topological polar surface area (TPSA) is 29.5 Å². The van der Waals surface area contributed by atoms with E-state index in [1.807, 2.05) is 29.2 Å². The zero-order chi connectivity index (χ0) is 13.5. The highest BCUT2D eigenvalue weighted by Crippen LogP contribution is 2.43. The van der Waals surface area contributed by atoms with Gasteiger partial charge in [0.25, 0.3) is 0 Å². The van der Waals surface area contributed by atoms with Crippen molar-refractivity contribution in [2.45, 2.75) is 18.5 Å². The monoisotopic (exact) mass is 265 g/mol. The minimum absolute atomic E-state index is 0.0534. The van der Waals surface area contributed by atoms with Crippen molar-refractivity contribution in [3.63, 3.8) is 0 Å². The SMILES string of the molecule is O=C1OC[C@@H]2c3ccccc3C[C@@H](c3ccccc3)N12. The van der Waals surface area contributed by atoms with Gasteiger partial charge in [-0.15, -0.1) is 0 Å². The fourth-order valence-electron chi connectivity index (χ4n) is 3.32. The Bertz CT molecular complexity index is 653. The second-order valence-electron chi connectivity index (χ2n) is 5.33. The van der Waals surface area contributed by atoms with Crippen LogP contribution >= 0.6 is 0 Å². The molecule has 0 aliphatic carbocycles. The number of nitrogens with zero attached hydrogens (tertiary/aromatic N) is 1. The van der Waals surface area contributed by atoms with E-state index >= 15 is 0 Å². The summed E-state index contributed by atoms with van der Waals surface area (Å²) in [5, 5.41) is 0. The van der Waals surface area contributed by atoms with Crippen molar-refractivity contribution in [2.75, 3.05) is 6.61 Å². The third-order valence-corrected chi connectivity index (χ3v) is 4.26. The number of hydrogen-bond donors (Lipinski definition) is 0. The van der Waals surface area contributed by atoms with Crippen molar-refractivity contribution in [1.29, 1.82) is 0 Å². The van der Waals surface area contributed by atoms with Gasteiger partial charge >= 0.3 is 6.09 Å². The van der Waals surface area contributed by atoms with Crippen LogP contribution in [0.15, 0.2) is 54.6 Å². The molecule has 0 bridgehead atoms. The average Bonchev–Trinajstić information content (AvgIpc) is 2.90. The molecule has 0 N–H and O–H groups in total. The number of amides is 1. The molecule has 2 aliphatic heterocycles. The van der Waals surface area contributed by atoms with Gasteiger partial charge in [-0.05, 0) is 23.1 Å². The quantitative estimate of drug-likeness (QED) is 0.790. The van der Waals surface area contributed by atoms with Crippen molar-refractivity contribution < 1.29 is 9.53 Å². The van der Waals surface area contributed by atoms with Crippen LogP contribution in [0.1, 0.15) is 28.8 Å². The maximum atomic E-state index is 12.1. The van der Waals surface area contributed by atoms with Crippen molar-refractivity contribution in [3.05, 3.63) is 71.3 Å². The van der Waals surface area contributed by atoms with Crippen LogP contribution in [0.2, 0.25) is 0 Å². The molecule has 0 spiro atoms. The van der Waals surface area contributed by atoms with Gasteiger partial charge in [0, 0.05) is 0 Å². The van der Waals surface area contributed by atoms with Gasteiger partial charge in [0.2, 0.25) is 0 Å². The molecule has 2 aromatic rings. The van der Waals surface area contributed by atoms with E-state index < -0.39 is 0 Å². The second-order valence-corrected chi connectivity index (χ2v) is 5.33. The number of fused-ring (bicyclic) bond motifs is 3. The molecular formula is C17H15NO2. The van der Waals surface area contributed by atoms with Crippen LogP contribution in [0.4, 0.5) is 4.79 Å². The maximum absolute atomic E-state index is 12.1. The summed E-state index contributed by atoms with van der Waals surface area (Å²) in [7, 11) is 0. The summed E-state index contributed by atoms with van der Waals surface area (Å²) in [6, 6.07) is 18.7. The fraction of sp³-hybridized carbons (Fsp3) is 0.235. The number of cyclic esters (lactones) is 1. The van der Waals surface area contributed by atoms with Gasteiger partial charge in [-0.3, -0.25) is 4.90 Å². The van der Waals surface area contributed by atoms with Gasteiger partial charge in [-0.2, -0.15) is 0 Å². The summed E-state index contributed by atoms with van der Waals surface area (Å²) in [6.45, 7) is 0.458. The largest absolute Gasteiger partial charge is 0.447 e. The molecule has 0 radical (unpaired) electrons. The van der Waals surface area contributed by atoms with E-state index in [0.717, 1.165) is 6.42 Å². The van der Waals surface area contributed by atoms with Crippen LogP contribution in [0, 0.1) is 0 Å². The Morgan fingerprint density at radius 2 is 1.70 bits per heavy atom. The van der Waals surface area contributed by atoms with E-state index in [9.17, 15) is 4.79 Å². The molecule has 0 saturated carbocycles. The Morgan fingerprint density at radius 3 is 2.55 bits per heavy atom. The predicted molar refractivity (Wildman–Crippen MR) is 75.3 cm³/mol. The van der Waals surface area contributed by atoms with Gasteiger partial charge < -0.3 is 4.74 Å². The van der Waals surface area contributed by atoms with Crippen LogP contribution in [-0.2, 0) is 11.2 Å². The van der Waals surface area contributed by atoms with Crippen molar-refractivity contribution in [1.82, 2.24) is 4.90 Å². The van der Waals surface area contributed by atoms with Crippen LogP contribution in [-0.4, -0.2) is 17.6 Å². The summed E-state index contributed by atoms with van der Waals surface area (Å²) in [6.07, 6.45) is 0.657. The lowest BCUT2D eigenvalue weighted by Gasteiger charge is -2.37. The molecule has 1 amide bonds. The maximum Gasteiger partial charge on any atom is 0.411 e. The van der Waals surface area contributed by atoms with Crippen LogP contribution in [0.25, 0.3) is 0 Å². The first-order chi connectivity index (χ1) is 9.84. The number of hydrogen-bond acceptors (Lipinski definition) is 2. The molecule has 0 aromatic heterocycles. The Morgan fingerprint density at radius 1 is 0.950 bits per heavy atom. The summed E-state index contributed by atoms with van der Waals surface area (Å²) in [5.41, 5.74) is 3.72. The number of carbonyl (C=O) groups excluding carboxylic acids is 1. The highest BCUT2D eigenvalue weighted by atomic mass is 16.6. The van der Waals surface area contributed by atoms with Crippen LogP contribution in [0.5, 0.6) is 0 Å². The van der Waals surface area contributed by atoms with E-state index in [2.05, 4.69) is 30.3 Å². The number of benzene rings is 2. The lowest BCUT2D eigenvalue weighted by atomic mass is 9.86. The number of rotatable bonds is 1. The van der Waals surface area contributed by atoms with Gasteiger partial charge in [0.05, 0.1) is 12.1 Å². The summed E-state index contributed by atoms with van der Waals surface area (Å²) < 4.78 is 5.30. The Labute approximate surface area is 117 Å². The third-order valence-electron chi connectivity index (χ3n) is 4.26. The number of carbonyl (C=O) groups is 1. The zero-order valence-electron chi connectivity index (χ0n) is 11.0. The molecule has 2 heterocycles. The molecule has 1 fully saturated rings. The molecule has 0 unspecified atom stereocenters. The first-order valence-electron chi connectivity index (χ1n) is 6.92. The Hall–Kier alpha value is -2.29. The van der Waals surface area contributed by atoms with E-state index in [0.29, 0.717) is 6.61 Å². The molecule has 4 rings (SSSR count). The molecular weight excluding hydrogens is 250 g/mol. The first kappa shape index (κ1) is 11.5. The zero-order valence-corrected chi connectivity index (χ0v) is 11.0. The highest BCUT2D eigenvalue weighted by Gasteiger charge is 2.43. The van der Waals surface area contributed by atoms with E-state index in [-0.39, 0.29) is 18.2 Å². The standard InChI is InChI=1S/C17H15NO2/c19-17-18-15(12-6-2-1-3-7-12)10-13-8-4-5-9-14(13)16(18)11-20-17/h1-9,15-16H,10-11H2/t15-,16+/m0/s1. The van der Waals surface area contributed by atoms with Crippen molar-refractivity contribution in [2.24, 2.45) is 0 Å². The van der Waals surface area contributed by atoms with Crippen molar-refractivity contribution in [3.8, 4) is 0 Å². The van der Waals surface area contributed by atoms with E-state index in [1.54, 1.807) is 0 Å². The summed E-state index contributed by atoms with van der Waals surface area (Å²) in [5.74, 6) is 0. The lowest BCUT2D eigenvalue weighted by Crippen LogP contribution is -2.37. The molecule has 3 heteroatoms. The first-order valence-corrected chi connectivity index (χ1v) is 6.92. The minimum Gasteiger partial charge on any atom is -0.447 e. The molecule has 3 nitrogen and oxygen atoms in total. The van der Waals surface area contributed by atoms with Gasteiger partial charge in [-0.1, -0.05) is 54.6 Å². The van der Waals surface area contributed by atoms with Gasteiger partial charge in [-0.25, -0.2) is 4.79 Å². The second kappa shape index (κ2) is 4.37. The van der Waals surface area contributed by atoms with E-state index in [1.165, 1.54) is 16.7 Å². The van der Waals surface area contributed by atoms with E-state index in [4.69, 9.17) is 4.74 Å². The third kappa shape index (κ3) is 1.63. The Kier molecular flexibility index (Phi) is 2.52. The Balaban J connectivity index is 1.83. The number of ether oxygens (including phenoxy) is 1. The van der Waals surface area contributed by atoms with Crippen LogP contribution in [0.3, 0.4) is 0 Å². The summed E-state index contributed by atoms with van der Waals surface area (Å²) >= 11 is 0. The molecule has 2 aliphatic rings. The highest BCUT2D eigenvalue weighted by molar-refractivity contribution is 5.72. The van der Waals surface area contributed by atoms with Crippen molar-refractivity contribution >= 4 is 6.09 Å². The lowest BCUT2D eigenvalue weighted by molar-refractivity contribution is 0.140. The van der Waals surface area contributed by atoms with Gasteiger partial charge in [0.1, 0.15) is 6.61 Å². The van der Waals surface area contributed by atoms with Crippen LogP contribution < -0.4 is 0 Å². The minimum atomic E-state index is -0.196. The predicted octanol–water partition coefficient (Wildman–Crippen LogP) is 3.48. The average molecular weight is 265 g/mol. The normalized spacial score (nSPS) is 24.0. The smallest absolute Gasteiger partial charge is 0.411 e. The summed E-state index contributed by atoms with van der Waals surface area (Å²) in [4.78, 5) is 14.0. The van der Waals surface area contributed by atoms with Gasteiger partial charge in [0.15, 0.2) is 0 Å². The fourth-order valence-corrected chi connectivity index (χ4v) is 3.32. The molecule has 100 valence electrons. The molecule has 20 heavy (non-hydrogen) atoms. The molecule has 2 aromatic carbocycles. The molecule has 1 saturated heterocycles.